The minimum absolute atomic E-state index is 0.116. The van der Waals surface area contributed by atoms with Gasteiger partial charge in [-0.25, -0.2) is 0 Å². The monoisotopic (exact) mass is 344 g/mol. The third-order valence-corrected chi connectivity index (χ3v) is 3.89. The van der Waals surface area contributed by atoms with Gasteiger partial charge < -0.3 is 0 Å². The first-order valence-electron chi connectivity index (χ1n) is 5.20. The molecule has 9 heteroatoms. The average molecular weight is 346 g/mol. The van der Waals surface area contributed by atoms with Crippen molar-refractivity contribution in [3.8, 4) is 0 Å². The van der Waals surface area contributed by atoms with Crippen LogP contribution in [0, 0.1) is 0 Å². The normalized spacial score (nSPS) is 23.2. The van der Waals surface area contributed by atoms with Crippen molar-refractivity contribution in [1.82, 2.24) is 0 Å². The second-order valence-electron chi connectivity index (χ2n) is 4.17. The number of benzene rings is 1. The molecule has 0 aromatic heterocycles. The van der Waals surface area contributed by atoms with E-state index in [1.54, 1.807) is 0 Å². The molecule has 108 valence electrons. The number of halogens is 6. The molecular weight excluding hydrogens is 339 g/mol. The highest BCUT2D eigenvalue weighted by molar-refractivity contribution is 6.77. The number of carbonyl (C=O) groups is 1. The first-order chi connectivity index (χ1) is 9.05. The molecule has 0 saturated heterocycles. The van der Waals surface area contributed by atoms with Crippen molar-refractivity contribution < 1.29 is 18.0 Å². The van der Waals surface area contributed by atoms with Gasteiger partial charge >= 0.3 is 6.18 Å². The Kier molecular flexibility index (Phi) is 3.69. The Morgan fingerprint density at radius 2 is 1.90 bits per heavy atom. The van der Waals surface area contributed by atoms with E-state index in [4.69, 9.17) is 34.8 Å². The summed E-state index contributed by atoms with van der Waals surface area (Å²) >= 11 is 17.1. The molecule has 3 nitrogen and oxygen atoms in total. The molecular formula is C11H6Cl3F3N2O. The van der Waals surface area contributed by atoms with Crippen molar-refractivity contribution in [2.24, 2.45) is 5.10 Å². The van der Waals surface area contributed by atoms with Gasteiger partial charge in [0.1, 0.15) is 0 Å². The first kappa shape index (κ1) is 15.4. The maximum absolute atomic E-state index is 12.8. The van der Waals surface area contributed by atoms with E-state index >= 15 is 0 Å². The first-order valence-corrected chi connectivity index (χ1v) is 6.33. The highest BCUT2D eigenvalue weighted by atomic mass is 35.5. The van der Waals surface area contributed by atoms with Gasteiger partial charge in [0.25, 0.3) is 5.91 Å². The average Bonchev–Trinajstić information content (AvgIpc) is 2.52. The maximum Gasteiger partial charge on any atom is 0.417 e. The van der Waals surface area contributed by atoms with Crippen LogP contribution in [-0.2, 0) is 11.0 Å². The summed E-state index contributed by atoms with van der Waals surface area (Å²) in [5, 5.41) is 3.70. The fourth-order valence-corrected chi connectivity index (χ4v) is 2.05. The van der Waals surface area contributed by atoms with Crippen molar-refractivity contribution in [1.29, 1.82) is 0 Å². The third-order valence-electron chi connectivity index (χ3n) is 2.67. The van der Waals surface area contributed by atoms with Crippen LogP contribution in [0.5, 0.6) is 0 Å². The molecule has 0 aliphatic carbocycles. The van der Waals surface area contributed by atoms with Gasteiger partial charge in [0.2, 0.25) is 0 Å². The summed E-state index contributed by atoms with van der Waals surface area (Å²) in [7, 11) is 0. The fraction of sp³-hybridized carbons (Fsp3) is 0.273. The number of carbonyl (C=O) groups excluding carboxylic acids is 1. The number of nitrogens with zero attached hydrogens (tertiary/aromatic N) is 2. The molecule has 1 atom stereocenters. The number of hydrogen-bond acceptors (Lipinski definition) is 2. The van der Waals surface area contributed by atoms with Gasteiger partial charge in [-0.3, -0.25) is 4.79 Å². The molecule has 1 unspecified atom stereocenters. The van der Waals surface area contributed by atoms with Gasteiger partial charge in [-0.2, -0.15) is 23.3 Å². The zero-order valence-electron chi connectivity index (χ0n) is 9.80. The largest absolute Gasteiger partial charge is 0.417 e. The van der Waals surface area contributed by atoms with Crippen LogP contribution in [0.1, 0.15) is 12.5 Å². The van der Waals surface area contributed by atoms with Crippen LogP contribution >= 0.6 is 34.8 Å². The smallest absolute Gasteiger partial charge is 0.270 e. The minimum Gasteiger partial charge on any atom is -0.270 e. The van der Waals surface area contributed by atoms with Gasteiger partial charge in [0.05, 0.1) is 16.3 Å². The maximum atomic E-state index is 12.8. The molecule has 1 aliphatic heterocycles. The fourth-order valence-electron chi connectivity index (χ4n) is 1.55. The highest BCUT2D eigenvalue weighted by Crippen LogP contribution is 2.39. The summed E-state index contributed by atoms with van der Waals surface area (Å²) < 4.78 is 38.3. The summed E-state index contributed by atoms with van der Waals surface area (Å²) in [4.78, 5) is 10.4. The van der Waals surface area contributed by atoms with Gasteiger partial charge in [0.15, 0.2) is 10.0 Å². The molecule has 0 bridgehead atoms. The van der Waals surface area contributed by atoms with Crippen molar-refractivity contribution >= 4 is 51.6 Å². The van der Waals surface area contributed by atoms with Crippen LogP contribution in [0.3, 0.4) is 0 Å². The Morgan fingerprint density at radius 1 is 1.30 bits per heavy atom. The molecule has 1 aromatic rings. The van der Waals surface area contributed by atoms with Gasteiger partial charge in [-0.05, 0) is 25.1 Å². The number of hydrazone groups is 1. The van der Waals surface area contributed by atoms with Crippen molar-refractivity contribution in [2.75, 3.05) is 5.01 Å². The number of rotatable bonds is 1. The number of hydrogen-bond donors (Lipinski definition) is 0. The minimum atomic E-state index is -4.65. The zero-order valence-corrected chi connectivity index (χ0v) is 12.1. The molecule has 0 spiro atoms. The van der Waals surface area contributed by atoms with Crippen molar-refractivity contribution in [3.63, 3.8) is 0 Å². The molecule has 2 rings (SSSR count). The lowest BCUT2D eigenvalue weighted by Crippen LogP contribution is -2.37. The van der Waals surface area contributed by atoms with Crippen LogP contribution < -0.4 is 5.01 Å². The van der Waals surface area contributed by atoms with E-state index in [1.807, 2.05) is 0 Å². The van der Waals surface area contributed by atoms with Crippen molar-refractivity contribution in [3.05, 3.63) is 28.8 Å². The van der Waals surface area contributed by atoms with E-state index < -0.39 is 27.5 Å². The molecule has 0 radical (unpaired) electrons. The van der Waals surface area contributed by atoms with E-state index in [1.165, 1.54) is 13.0 Å². The summed E-state index contributed by atoms with van der Waals surface area (Å²) in [6, 6.07) is 2.97. The van der Waals surface area contributed by atoms with Gasteiger partial charge in [0, 0.05) is 0 Å². The van der Waals surface area contributed by atoms with E-state index in [-0.39, 0.29) is 10.9 Å². The van der Waals surface area contributed by atoms with Gasteiger partial charge in [-0.1, -0.05) is 23.2 Å². The molecule has 20 heavy (non-hydrogen) atoms. The highest BCUT2D eigenvalue weighted by Gasteiger charge is 2.46. The van der Waals surface area contributed by atoms with E-state index in [9.17, 15) is 18.0 Å². The molecule has 1 amide bonds. The number of amides is 1. The molecule has 0 fully saturated rings. The Labute approximate surface area is 126 Å². The molecule has 0 saturated carbocycles. The van der Waals surface area contributed by atoms with E-state index in [0.717, 1.165) is 11.1 Å². The lowest BCUT2D eigenvalue weighted by molar-refractivity contribution is -0.137. The predicted octanol–water partition coefficient (Wildman–Crippen LogP) is 4.26. The van der Waals surface area contributed by atoms with Crippen LogP contribution in [0.4, 0.5) is 18.9 Å². The topological polar surface area (TPSA) is 32.7 Å². The molecule has 0 N–H and O–H groups in total. The van der Waals surface area contributed by atoms with Crippen LogP contribution in [0.25, 0.3) is 0 Å². The SMILES string of the molecule is CC1(Cl)C(=O)N(c2ccc(Cl)c(C(F)(F)F)c2)N=C1Cl. The Hall–Kier alpha value is -0.980. The second kappa shape index (κ2) is 4.79. The second-order valence-corrected chi connectivity index (χ2v) is 5.69. The lowest BCUT2D eigenvalue weighted by Gasteiger charge is -2.18. The quantitative estimate of drug-likeness (QED) is 0.700. The summed E-state index contributed by atoms with van der Waals surface area (Å²) in [5.41, 5.74) is -1.19. The standard InChI is InChI=1S/C11H6Cl3F3N2O/c1-10(14)8(13)18-19(9(10)20)5-2-3-7(12)6(4-5)11(15,16)17/h2-4H,1H3. The van der Waals surface area contributed by atoms with E-state index in [2.05, 4.69) is 5.10 Å². The Balaban J connectivity index is 2.49. The predicted molar refractivity (Wildman–Crippen MR) is 71.5 cm³/mol. The third kappa shape index (κ3) is 2.47. The summed E-state index contributed by atoms with van der Waals surface area (Å²) in [6.45, 7) is 1.31. The zero-order chi connectivity index (χ0) is 15.3. The summed E-state index contributed by atoms with van der Waals surface area (Å²) in [5.74, 6) is -0.736. The lowest BCUT2D eigenvalue weighted by atomic mass is 10.1. The van der Waals surface area contributed by atoms with E-state index in [0.29, 0.717) is 6.07 Å². The van der Waals surface area contributed by atoms with Crippen LogP contribution in [0.15, 0.2) is 23.3 Å². The van der Waals surface area contributed by atoms with Gasteiger partial charge in [-0.15, -0.1) is 11.6 Å². The number of alkyl halides is 4. The Bertz CT molecular complexity index is 613. The molecule has 1 aromatic carbocycles. The van der Waals surface area contributed by atoms with Crippen molar-refractivity contribution in [2.45, 2.75) is 18.0 Å². The van der Waals surface area contributed by atoms with Crippen LogP contribution in [0.2, 0.25) is 5.02 Å². The Morgan fingerprint density at radius 3 is 2.35 bits per heavy atom. The molecule has 1 aliphatic rings. The molecule has 1 heterocycles. The summed E-state index contributed by atoms with van der Waals surface area (Å²) in [6.07, 6.45) is -4.65. The number of anilines is 1. The van der Waals surface area contributed by atoms with Crippen LogP contribution in [-0.4, -0.2) is 16.0 Å².